The Kier molecular flexibility index (Phi) is 4.57. The summed E-state index contributed by atoms with van der Waals surface area (Å²) in [7, 11) is 0. The van der Waals surface area contributed by atoms with Crippen molar-refractivity contribution in [1.82, 2.24) is 4.90 Å². The van der Waals surface area contributed by atoms with Gasteiger partial charge in [0.05, 0.1) is 0 Å². The van der Waals surface area contributed by atoms with E-state index in [2.05, 4.69) is 0 Å². The molecule has 0 saturated carbocycles. The van der Waals surface area contributed by atoms with Crippen LogP contribution < -0.4 is 4.90 Å². The van der Waals surface area contributed by atoms with Gasteiger partial charge in [0.25, 0.3) is 5.91 Å². The highest BCUT2D eigenvalue weighted by molar-refractivity contribution is 6.03. The molecule has 130 valence electrons. The van der Waals surface area contributed by atoms with Gasteiger partial charge < -0.3 is 9.80 Å². The van der Waals surface area contributed by atoms with Crippen molar-refractivity contribution < 1.29 is 14.0 Å². The molecular formula is C20H21FN2O2. The summed E-state index contributed by atoms with van der Waals surface area (Å²) in [5, 5.41) is 0. The van der Waals surface area contributed by atoms with Crippen LogP contribution in [-0.4, -0.2) is 35.8 Å². The fourth-order valence-corrected chi connectivity index (χ4v) is 3.06. The molecule has 1 aliphatic rings. The van der Waals surface area contributed by atoms with Crippen LogP contribution >= 0.6 is 0 Å². The van der Waals surface area contributed by atoms with E-state index in [4.69, 9.17) is 0 Å². The molecule has 5 heteroatoms. The number of piperazine rings is 1. The number of hydrogen-bond acceptors (Lipinski definition) is 2. The molecule has 0 aliphatic carbocycles. The average molecular weight is 340 g/mol. The van der Waals surface area contributed by atoms with Gasteiger partial charge in [-0.1, -0.05) is 6.07 Å². The van der Waals surface area contributed by atoms with Crippen LogP contribution in [0.5, 0.6) is 0 Å². The number of benzene rings is 2. The van der Waals surface area contributed by atoms with Crippen LogP contribution in [0.4, 0.5) is 10.1 Å². The SMILES string of the molecule is Cc1ccc(N2CCN(C(=O)c3ccc(F)cc3)[C@@H](C)C2=O)cc1C. The van der Waals surface area contributed by atoms with Crippen molar-refractivity contribution in [2.24, 2.45) is 0 Å². The lowest BCUT2D eigenvalue weighted by Gasteiger charge is -2.39. The van der Waals surface area contributed by atoms with Crippen molar-refractivity contribution in [3.8, 4) is 0 Å². The zero-order valence-electron chi connectivity index (χ0n) is 14.6. The fourth-order valence-electron chi connectivity index (χ4n) is 3.06. The summed E-state index contributed by atoms with van der Waals surface area (Å²) in [4.78, 5) is 28.7. The zero-order chi connectivity index (χ0) is 18.1. The molecule has 1 aliphatic heterocycles. The molecule has 1 saturated heterocycles. The van der Waals surface area contributed by atoms with Gasteiger partial charge in [0.15, 0.2) is 0 Å². The molecule has 0 unspecified atom stereocenters. The van der Waals surface area contributed by atoms with E-state index in [1.165, 1.54) is 29.8 Å². The summed E-state index contributed by atoms with van der Waals surface area (Å²) in [6, 6.07) is 10.8. The predicted molar refractivity (Wildman–Crippen MR) is 95.2 cm³/mol. The van der Waals surface area contributed by atoms with E-state index < -0.39 is 6.04 Å². The number of carbonyl (C=O) groups is 2. The minimum absolute atomic E-state index is 0.107. The first-order chi connectivity index (χ1) is 11.9. The number of rotatable bonds is 2. The zero-order valence-corrected chi connectivity index (χ0v) is 14.6. The van der Waals surface area contributed by atoms with Crippen molar-refractivity contribution in [3.05, 3.63) is 65.0 Å². The standard InChI is InChI=1S/C20H21FN2O2/c1-13-4-9-18(12-14(13)2)23-11-10-22(15(3)19(23)24)20(25)16-5-7-17(21)8-6-16/h4-9,12,15H,10-11H2,1-3H3/t15-/m0/s1. The molecule has 0 bridgehead atoms. The highest BCUT2D eigenvalue weighted by Crippen LogP contribution is 2.24. The number of anilines is 1. The quantitative estimate of drug-likeness (QED) is 0.841. The summed E-state index contributed by atoms with van der Waals surface area (Å²) in [5.74, 6) is -0.745. The molecule has 0 aromatic heterocycles. The van der Waals surface area contributed by atoms with Gasteiger partial charge in [0, 0.05) is 24.3 Å². The van der Waals surface area contributed by atoms with E-state index in [1.807, 2.05) is 32.0 Å². The largest absolute Gasteiger partial charge is 0.325 e. The van der Waals surface area contributed by atoms with Gasteiger partial charge >= 0.3 is 0 Å². The second-order valence-electron chi connectivity index (χ2n) is 6.44. The summed E-state index contributed by atoms with van der Waals surface area (Å²) in [5.41, 5.74) is 3.55. The number of carbonyl (C=O) groups excluding carboxylic acids is 2. The minimum Gasteiger partial charge on any atom is -0.325 e. The van der Waals surface area contributed by atoms with Crippen LogP contribution in [0, 0.1) is 19.7 Å². The van der Waals surface area contributed by atoms with E-state index in [-0.39, 0.29) is 17.6 Å². The Labute approximate surface area is 146 Å². The maximum absolute atomic E-state index is 13.0. The fraction of sp³-hybridized carbons (Fsp3) is 0.300. The average Bonchev–Trinajstić information content (AvgIpc) is 2.60. The molecule has 3 rings (SSSR count). The van der Waals surface area contributed by atoms with Gasteiger partial charge in [0.2, 0.25) is 5.91 Å². The van der Waals surface area contributed by atoms with Crippen LogP contribution in [0.15, 0.2) is 42.5 Å². The van der Waals surface area contributed by atoms with Crippen LogP contribution in [0.3, 0.4) is 0 Å². The van der Waals surface area contributed by atoms with E-state index in [0.29, 0.717) is 18.7 Å². The molecule has 25 heavy (non-hydrogen) atoms. The smallest absolute Gasteiger partial charge is 0.254 e. The normalized spacial score (nSPS) is 17.8. The third kappa shape index (κ3) is 3.27. The summed E-state index contributed by atoms with van der Waals surface area (Å²) < 4.78 is 13.0. The van der Waals surface area contributed by atoms with Gasteiger partial charge in [-0.25, -0.2) is 4.39 Å². The monoisotopic (exact) mass is 340 g/mol. The predicted octanol–water partition coefficient (Wildman–Crippen LogP) is 3.32. The molecule has 1 fully saturated rings. The number of nitrogens with zero attached hydrogens (tertiary/aromatic N) is 2. The number of aryl methyl sites for hydroxylation is 2. The van der Waals surface area contributed by atoms with E-state index in [1.54, 1.807) is 16.7 Å². The summed E-state index contributed by atoms with van der Waals surface area (Å²) in [6.45, 7) is 6.66. The van der Waals surface area contributed by atoms with Gasteiger partial charge in [-0.2, -0.15) is 0 Å². The molecule has 1 heterocycles. The Morgan fingerprint density at radius 1 is 1.04 bits per heavy atom. The topological polar surface area (TPSA) is 40.6 Å². The van der Waals surface area contributed by atoms with E-state index in [0.717, 1.165) is 11.3 Å². The Hall–Kier alpha value is -2.69. The molecule has 2 aromatic rings. The lowest BCUT2D eigenvalue weighted by atomic mass is 10.1. The van der Waals surface area contributed by atoms with E-state index in [9.17, 15) is 14.0 Å². The van der Waals surface area contributed by atoms with Crippen LogP contribution in [0.2, 0.25) is 0 Å². The molecule has 0 N–H and O–H groups in total. The van der Waals surface area contributed by atoms with Gasteiger partial charge in [-0.15, -0.1) is 0 Å². The van der Waals surface area contributed by atoms with Crippen LogP contribution in [-0.2, 0) is 4.79 Å². The second kappa shape index (κ2) is 6.67. The van der Waals surface area contributed by atoms with Crippen molar-refractivity contribution in [2.75, 3.05) is 18.0 Å². The van der Waals surface area contributed by atoms with Crippen molar-refractivity contribution in [1.29, 1.82) is 0 Å². The Morgan fingerprint density at radius 2 is 1.72 bits per heavy atom. The van der Waals surface area contributed by atoms with Crippen LogP contribution in [0.1, 0.15) is 28.4 Å². The first-order valence-electron chi connectivity index (χ1n) is 8.33. The van der Waals surface area contributed by atoms with Crippen molar-refractivity contribution >= 4 is 17.5 Å². The first kappa shape index (κ1) is 17.1. The number of amides is 2. The summed E-state index contributed by atoms with van der Waals surface area (Å²) >= 11 is 0. The van der Waals surface area contributed by atoms with Crippen molar-refractivity contribution in [2.45, 2.75) is 26.8 Å². The first-order valence-corrected chi connectivity index (χ1v) is 8.33. The third-order valence-corrected chi connectivity index (χ3v) is 4.81. The highest BCUT2D eigenvalue weighted by atomic mass is 19.1. The van der Waals surface area contributed by atoms with E-state index >= 15 is 0 Å². The number of halogens is 1. The molecule has 0 radical (unpaired) electrons. The lowest BCUT2D eigenvalue weighted by molar-refractivity contribution is -0.124. The molecule has 0 spiro atoms. The van der Waals surface area contributed by atoms with Gasteiger partial charge in [-0.05, 0) is 68.3 Å². The third-order valence-electron chi connectivity index (χ3n) is 4.81. The molecular weight excluding hydrogens is 319 g/mol. The lowest BCUT2D eigenvalue weighted by Crippen LogP contribution is -2.57. The minimum atomic E-state index is -0.562. The highest BCUT2D eigenvalue weighted by Gasteiger charge is 2.35. The van der Waals surface area contributed by atoms with Gasteiger partial charge in [-0.3, -0.25) is 9.59 Å². The maximum Gasteiger partial charge on any atom is 0.254 e. The Balaban J connectivity index is 1.80. The molecule has 4 nitrogen and oxygen atoms in total. The summed E-state index contributed by atoms with van der Waals surface area (Å²) in [6.07, 6.45) is 0. The molecule has 2 aromatic carbocycles. The number of hydrogen-bond donors (Lipinski definition) is 0. The van der Waals surface area contributed by atoms with Gasteiger partial charge in [0.1, 0.15) is 11.9 Å². The van der Waals surface area contributed by atoms with Crippen LogP contribution in [0.25, 0.3) is 0 Å². The second-order valence-corrected chi connectivity index (χ2v) is 6.44. The molecule has 1 atom stereocenters. The molecule has 2 amide bonds. The van der Waals surface area contributed by atoms with Crippen molar-refractivity contribution in [3.63, 3.8) is 0 Å². The Morgan fingerprint density at radius 3 is 2.36 bits per heavy atom. The maximum atomic E-state index is 13.0. The Bertz CT molecular complexity index is 817.